The van der Waals surface area contributed by atoms with Gasteiger partial charge in [-0.1, -0.05) is 6.07 Å². The van der Waals surface area contributed by atoms with Crippen LogP contribution in [0.15, 0.2) is 36.4 Å². The van der Waals surface area contributed by atoms with Crippen molar-refractivity contribution in [3.8, 4) is 11.5 Å². The number of aryl methyl sites for hydroxylation is 2. The number of rotatable bonds is 4. The number of benzene rings is 2. The first kappa shape index (κ1) is 13.8. The minimum Gasteiger partial charge on any atom is -0.508 e. The average Bonchev–Trinajstić information content (AvgIpc) is 2.95. The predicted octanol–water partition coefficient (Wildman–Crippen LogP) is 4.06. The third-order valence-corrected chi connectivity index (χ3v) is 4.18. The third kappa shape index (κ3) is 2.82. The first-order valence-electron chi connectivity index (χ1n) is 7.42. The summed E-state index contributed by atoms with van der Waals surface area (Å²) < 4.78 is 5.23. The normalized spacial score (nSPS) is 14.6. The maximum absolute atomic E-state index is 10.0. The number of aromatic hydroxyl groups is 1. The SMILES string of the molecule is COc1ccc(O)c(C(C)Nc2ccc3c(c2)CCC3)c1. The van der Waals surface area contributed by atoms with Crippen LogP contribution in [0.5, 0.6) is 11.5 Å². The molecule has 0 amide bonds. The Hall–Kier alpha value is -2.16. The molecule has 1 aliphatic carbocycles. The number of hydrogen-bond donors (Lipinski definition) is 2. The molecular weight excluding hydrogens is 262 g/mol. The van der Waals surface area contributed by atoms with Gasteiger partial charge < -0.3 is 15.2 Å². The van der Waals surface area contributed by atoms with E-state index in [2.05, 4.69) is 23.5 Å². The zero-order chi connectivity index (χ0) is 14.8. The molecule has 21 heavy (non-hydrogen) atoms. The molecular formula is C18H21NO2. The van der Waals surface area contributed by atoms with Gasteiger partial charge in [0.15, 0.2) is 0 Å². The number of phenols is 1. The van der Waals surface area contributed by atoms with Crippen molar-refractivity contribution in [2.24, 2.45) is 0 Å². The van der Waals surface area contributed by atoms with E-state index in [1.807, 2.05) is 13.0 Å². The smallest absolute Gasteiger partial charge is 0.121 e. The maximum atomic E-state index is 10.0. The van der Waals surface area contributed by atoms with Gasteiger partial charge in [-0.05, 0) is 67.6 Å². The zero-order valence-electron chi connectivity index (χ0n) is 12.5. The lowest BCUT2D eigenvalue weighted by molar-refractivity contribution is 0.410. The van der Waals surface area contributed by atoms with Crippen molar-refractivity contribution >= 4 is 5.69 Å². The van der Waals surface area contributed by atoms with Crippen LogP contribution in [0.25, 0.3) is 0 Å². The van der Waals surface area contributed by atoms with Crippen LogP contribution >= 0.6 is 0 Å². The number of phenolic OH excluding ortho intramolecular Hbond substituents is 1. The molecule has 1 aliphatic rings. The summed E-state index contributed by atoms with van der Waals surface area (Å²) in [6.45, 7) is 2.04. The third-order valence-electron chi connectivity index (χ3n) is 4.18. The Kier molecular flexibility index (Phi) is 3.74. The maximum Gasteiger partial charge on any atom is 0.121 e. The van der Waals surface area contributed by atoms with Gasteiger partial charge in [-0.3, -0.25) is 0 Å². The minimum absolute atomic E-state index is 0.0135. The quantitative estimate of drug-likeness (QED) is 0.889. The van der Waals surface area contributed by atoms with Crippen LogP contribution in [0, 0.1) is 0 Å². The Morgan fingerprint density at radius 1 is 1.10 bits per heavy atom. The van der Waals surface area contributed by atoms with Gasteiger partial charge in [0, 0.05) is 11.3 Å². The number of fused-ring (bicyclic) bond motifs is 1. The Balaban J connectivity index is 1.81. The summed E-state index contributed by atoms with van der Waals surface area (Å²) in [7, 11) is 1.63. The van der Waals surface area contributed by atoms with Crippen LogP contribution in [-0.2, 0) is 12.8 Å². The van der Waals surface area contributed by atoms with E-state index in [1.165, 1.54) is 30.4 Å². The molecule has 3 rings (SSSR count). The molecule has 0 spiro atoms. The highest BCUT2D eigenvalue weighted by molar-refractivity contribution is 5.53. The molecule has 0 saturated carbocycles. The topological polar surface area (TPSA) is 41.5 Å². The van der Waals surface area contributed by atoms with E-state index >= 15 is 0 Å². The zero-order valence-corrected chi connectivity index (χ0v) is 12.5. The molecule has 0 fully saturated rings. The first-order valence-corrected chi connectivity index (χ1v) is 7.42. The van der Waals surface area contributed by atoms with Gasteiger partial charge in [0.05, 0.1) is 13.2 Å². The first-order chi connectivity index (χ1) is 10.2. The summed E-state index contributed by atoms with van der Waals surface area (Å²) in [5, 5.41) is 13.5. The molecule has 0 radical (unpaired) electrons. The average molecular weight is 283 g/mol. The van der Waals surface area contributed by atoms with E-state index in [-0.39, 0.29) is 11.8 Å². The molecule has 2 aromatic rings. The Morgan fingerprint density at radius 2 is 1.90 bits per heavy atom. The largest absolute Gasteiger partial charge is 0.508 e. The van der Waals surface area contributed by atoms with Crippen molar-refractivity contribution in [1.29, 1.82) is 0 Å². The summed E-state index contributed by atoms with van der Waals surface area (Å²) in [5.41, 5.74) is 4.86. The summed E-state index contributed by atoms with van der Waals surface area (Å²) >= 11 is 0. The monoisotopic (exact) mass is 283 g/mol. The summed E-state index contributed by atoms with van der Waals surface area (Å²) in [4.78, 5) is 0. The van der Waals surface area contributed by atoms with Crippen molar-refractivity contribution in [2.75, 3.05) is 12.4 Å². The van der Waals surface area contributed by atoms with Gasteiger partial charge in [-0.25, -0.2) is 0 Å². The van der Waals surface area contributed by atoms with E-state index < -0.39 is 0 Å². The fourth-order valence-electron chi connectivity index (χ4n) is 3.00. The van der Waals surface area contributed by atoms with E-state index in [1.54, 1.807) is 19.2 Å². The second-order valence-corrected chi connectivity index (χ2v) is 5.63. The summed E-state index contributed by atoms with van der Waals surface area (Å²) in [5.74, 6) is 1.04. The summed E-state index contributed by atoms with van der Waals surface area (Å²) in [6.07, 6.45) is 3.62. The van der Waals surface area contributed by atoms with Gasteiger partial charge >= 0.3 is 0 Å². The highest BCUT2D eigenvalue weighted by Crippen LogP contribution is 2.32. The van der Waals surface area contributed by atoms with Crippen LogP contribution in [0.1, 0.15) is 36.1 Å². The molecule has 0 aliphatic heterocycles. The van der Waals surface area contributed by atoms with Crippen LogP contribution in [0.4, 0.5) is 5.69 Å². The molecule has 110 valence electrons. The van der Waals surface area contributed by atoms with E-state index in [0.29, 0.717) is 0 Å². The molecule has 0 bridgehead atoms. The van der Waals surface area contributed by atoms with Gasteiger partial charge in [0.25, 0.3) is 0 Å². The van der Waals surface area contributed by atoms with Crippen LogP contribution in [0.3, 0.4) is 0 Å². The van der Waals surface area contributed by atoms with E-state index in [4.69, 9.17) is 4.74 Å². The van der Waals surface area contributed by atoms with Crippen molar-refractivity contribution < 1.29 is 9.84 Å². The predicted molar refractivity (Wildman–Crippen MR) is 85.2 cm³/mol. The molecule has 1 unspecified atom stereocenters. The fourth-order valence-corrected chi connectivity index (χ4v) is 3.00. The van der Waals surface area contributed by atoms with Crippen molar-refractivity contribution in [3.05, 3.63) is 53.1 Å². The summed E-state index contributed by atoms with van der Waals surface area (Å²) in [6, 6.07) is 11.9. The van der Waals surface area contributed by atoms with Gasteiger partial charge in [-0.15, -0.1) is 0 Å². The number of methoxy groups -OCH3 is 1. The number of ether oxygens (including phenoxy) is 1. The minimum atomic E-state index is 0.0135. The molecule has 3 nitrogen and oxygen atoms in total. The second-order valence-electron chi connectivity index (χ2n) is 5.63. The second kappa shape index (κ2) is 5.68. The fraction of sp³-hybridized carbons (Fsp3) is 0.333. The van der Waals surface area contributed by atoms with Crippen molar-refractivity contribution in [1.82, 2.24) is 0 Å². The van der Waals surface area contributed by atoms with Crippen molar-refractivity contribution in [3.63, 3.8) is 0 Å². The molecule has 0 aromatic heterocycles. The number of hydrogen-bond acceptors (Lipinski definition) is 3. The lowest BCUT2D eigenvalue weighted by atomic mass is 10.1. The molecule has 1 atom stereocenters. The molecule has 0 heterocycles. The van der Waals surface area contributed by atoms with Crippen LogP contribution in [-0.4, -0.2) is 12.2 Å². The lowest BCUT2D eigenvalue weighted by Crippen LogP contribution is -2.07. The Morgan fingerprint density at radius 3 is 2.71 bits per heavy atom. The van der Waals surface area contributed by atoms with Gasteiger partial charge in [0.1, 0.15) is 11.5 Å². The Bertz CT molecular complexity index is 652. The van der Waals surface area contributed by atoms with Crippen LogP contribution in [0.2, 0.25) is 0 Å². The lowest BCUT2D eigenvalue weighted by Gasteiger charge is -2.18. The molecule has 2 aromatic carbocycles. The standard InChI is InChI=1S/C18H21NO2/c1-12(17-11-16(21-2)8-9-18(17)20)19-15-7-6-13-4-3-5-14(13)10-15/h6-12,19-20H,3-5H2,1-2H3. The van der Waals surface area contributed by atoms with Gasteiger partial charge in [0.2, 0.25) is 0 Å². The van der Waals surface area contributed by atoms with E-state index in [0.717, 1.165) is 17.0 Å². The molecule has 3 heteroatoms. The van der Waals surface area contributed by atoms with Gasteiger partial charge in [-0.2, -0.15) is 0 Å². The Labute approximate surface area is 125 Å². The van der Waals surface area contributed by atoms with Crippen LogP contribution < -0.4 is 10.1 Å². The number of nitrogens with one attached hydrogen (secondary N) is 1. The molecule has 0 saturated heterocycles. The highest BCUT2D eigenvalue weighted by atomic mass is 16.5. The molecule has 2 N–H and O–H groups in total. The van der Waals surface area contributed by atoms with Crippen molar-refractivity contribution in [2.45, 2.75) is 32.2 Å². The highest BCUT2D eigenvalue weighted by Gasteiger charge is 2.14. The van der Waals surface area contributed by atoms with E-state index in [9.17, 15) is 5.11 Å². The number of anilines is 1.